The van der Waals surface area contributed by atoms with Gasteiger partial charge in [-0.15, -0.1) is 0 Å². The molecular weight excluding hydrogens is 204 g/mol. The predicted molar refractivity (Wildman–Crippen MR) is 58.6 cm³/mol. The van der Waals surface area contributed by atoms with Crippen LogP contribution in [-0.4, -0.2) is 28.1 Å². The van der Waals surface area contributed by atoms with E-state index in [9.17, 15) is 9.59 Å². The fourth-order valence-corrected chi connectivity index (χ4v) is 1.81. The molecule has 1 amide bonds. The third-order valence-corrected chi connectivity index (χ3v) is 2.69. The molecular formula is C12H12N2O2. The summed E-state index contributed by atoms with van der Waals surface area (Å²) < 4.78 is 0. The number of amides is 1. The molecule has 1 aliphatic rings. The van der Waals surface area contributed by atoms with Crippen LogP contribution >= 0.6 is 0 Å². The van der Waals surface area contributed by atoms with E-state index in [4.69, 9.17) is 0 Å². The van der Waals surface area contributed by atoms with Crippen molar-refractivity contribution >= 4 is 11.7 Å². The number of hydrogen-bond acceptors (Lipinski definition) is 3. The second-order valence-corrected chi connectivity index (χ2v) is 3.63. The van der Waals surface area contributed by atoms with Gasteiger partial charge in [0.05, 0.1) is 0 Å². The highest BCUT2D eigenvalue weighted by atomic mass is 16.2. The van der Waals surface area contributed by atoms with Gasteiger partial charge in [0.25, 0.3) is 0 Å². The summed E-state index contributed by atoms with van der Waals surface area (Å²) in [5.41, 5.74) is 0.353. The molecule has 1 atom stereocenters. The van der Waals surface area contributed by atoms with E-state index in [1.165, 1.54) is 11.1 Å². The Morgan fingerprint density at radius 2 is 2.38 bits per heavy atom. The molecule has 16 heavy (non-hydrogen) atoms. The number of ketones is 1. The number of Topliss-reactive ketones (excluding diaryl/α,β-unsaturated/α-hetero) is 1. The molecule has 0 N–H and O–H groups in total. The van der Waals surface area contributed by atoms with Crippen LogP contribution in [0.15, 0.2) is 37.2 Å². The lowest BCUT2D eigenvalue weighted by Gasteiger charge is -2.09. The third-order valence-electron chi connectivity index (χ3n) is 2.69. The second-order valence-electron chi connectivity index (χ2n) is 3.63. The van der Waals surface area contributed by atoms with Gasteiger partial charge in [-0.1, -0.05) is 12.6 Å². The van der Waals surface area contributed by atoms with Crippen molar-refractivity contribution in [2.45, 2.75) is 6.42 Å². The van der Waals surface area contributed by atoms with Gasteiger partial charge in [0, 0.05) is 12.7 Å². The van der Waals surface area contributed by atoms with E-state index in [1.807, 2.05) is 0 Å². The Morgan fingerprint density at radius 1 is 1.56 bits per heavy atom. The first-order valence-corrected chi connectivity index (χ1v) is 5.12. The summed E-state index contributed by atoms with van der Waals surface area (Å²) in [6.07, 6.45) is 3.56. The highest BCUT2D eigenvalue weighted by molar-refractivity contribution is 6.10. The summed E-state index contributed by atoms with van der Waals surface area (Å²) in [4.78, 5) is 29.2. The quantitative estimate of drug-likeness (QED) is 0.564. The molecule has 1 fully saturated rings. The molecule has 2 heterocycles. The number of nitrogens with zero attached hydrogens (tertiary/aromatic N) is 2. The van der Waals surface area contributed by atoms with E-state index in [-0.39, 0.29) is 11.7 Å². The average molecular weight is 216 g/mol. The molecule has 1 saturated heterocycles. The van der Waals surface area contributed by atoms with Gasteiger partial charge >= 0.3 is 0 Å². The van der Waals surface area contributed by atoms with Crippen molar-refractivity contribution in [3.05, 3.63) is 42.9 Å². The van der Waals surface area contributed by atoms with Crippen molar-refractivity contribution in [3.8, 4) is 0 Å². The predicted octanol–water partition coefficient (Wildman–Crippen LogP) is 1.26. The molecule has 1 aromatic heterocycles. The van der Waals surface area contributed by atoms with Crippen LogP contribution in [0.3, 0.4) is 0 Å². The highest BCUT2D eigenvalue weighted by Gasteiger charge is 2.36. The first-order chi connectivity index (χ1) is 7.74. The average Bonchev–Trinajstić information content (AvgIpc) is 2.70. The molecule has 4 heteroatoms. The number of likely N-dealkylation sites (tertiary alicyclic amines) is 1. The smallest absolute Gasteiger partial charge is 0.237 e. The molecule has 1 aromatic rings. The third kappa shape index (κ3) is 1.74. The molecule has 2 rings (SSSR count). The van der Waals surface area contributed by atoms with E-state index in [0.717, 1.165) is 0 Å². The number of aromatic nitrogens is 1. The van der Waals surface area contributed by atoms with Crippen LogP contribution < -0.4 is 0 Å². The fourth-order valence-electron chi connectivity index (χ4n) is 1.81. The van der Waals surface area contributed by atoms with E-state index >= 15 is 0 Å². The lowest BCUT2D eigenvalue weighted by Crippen LogP contribution is -2.26. The van der Waals surface area contributed by atoms with Crippen molar-refractivity contribution in [2.24, 2.45) is 5.92 Å². The van der Waals surface area contributed by atoms with Crippen LogP contribution in [-0.2, 0) is 4.79 Å². The Hall–Kier alpha value is -1.97. The normalized spacial score (nSPS) is 19.9. The summed E-state index contributed by atoms with van der Waals surface area (Å²) in [5, 5.41) is 0. The van der Waals surface area contributed by atoms with Gasteiger partial charge in [-0.25, -0.2) is 0 Å². The molecule has 82 valence electrons. The van der Waals surface area contributed by atoms with E-state index in [2.05, 4.69) is 11.6 Å². The zero-order valence-electron chi connectivity index (χ0n) is 8.80. The lowest BCUT2D eigenvalue weighted by molar-refractivity contribution is -0.127. The first-order valence-electron chi connectivity index (χ1n) is 5.12. The van der Waals surface area contributed by atoms with Crippen LogP contribution in [0.25, 0.3) is 0 Å². The van der Waals surface area contributed by atoms with Gasteiger partial charge in [0.1, 0.15) is 11.6 Å². The van der Waals surface area contributed by atoms with Crippen molar-refractivity contribution in [1.82, 2.24) is 9.88 Å². The molecule has 0 radical (unpaired) electrons. The van der Waals surface area contributed by atoms with Crippen LogP contribution in [0.4, 0.5) is 0 Å². The van der Waals surface area contributed by atoms with Crippen LogP contribution in [0, 0.1) is 5.92 Å². The first kappa shape index (κ1) is 10.5. The van der Waals surface area contributed by atoms with Gasteiger partial charge in [-0.05, 0) is 24.8 Å². The number of carbonyl (C=O) groups excluding carboxylic acids is 2. The minimum absolute atomic E-state index is 0.175. The number of pyridine rings is 1. The molecule has 0 bridgehead atoms. The molecule has 1 aliphatic heterocycles. The zero-order chi connectivity index (χ0) is 11.5. The Bertz CT molecular complexity index is 428. The minimum atomic E-state index is -0.590. The summed E-state index contributed by atoms with van der Waals surface area (Å²) in [6.45, 7) is 4.10. The zero-order valence-corrected chi connectivity index (χ0v) is 8.80. The SMILES string of the molecule is C=CN1CCC(C(=O)c2ccccn2)C1=O. The van der Waals surface area contributed by atoms with Gasteiger partial charge < -0.3 is 4.90 Å². The Kier molecular flexibility index (Phi) is 2.81. The highest BCUT2D eigenvalue weighted by Crippen LogP contribution is 2.21. The summed E-state index contributed by atoms with van der Waals surface area (Å²) in [5.74, 6) is -0.964. The molecule has 0 aliphatic carbocycles. The van der Waals surface area contributed by atoms with Crippen LogP contribution in [0.2, 0.25) is 0 Å². The van der Waals surface area contributed by atoms with Gasteiger partial charge in [0.15, 0.2) is 5.78 Å². The molecule has 4 nitrogen and oxygen atoms in total. The number of rotatable bonds is 3. The standard InChI is InChI=1S/C12H12N2O2/c1-2-14-8-6-9(12(14)16)11(15)10-5-3-4-7-13-10/h2-5,7,9H,1,6,8H2. The van der Waals surface area contributed by atoms with Gasteiger partial charge in [-0.2, -0.15) is 0 Å². The Labute approximate surface area is 93.6 Å². The molecule has 0 aromatic carbocycles. The molecule has 0 spiro atoms. The van der Waals surface area contributed by atoms with E-state index < -0.39 is 5.92 Å². The van der Waals surface area contributed by atoms with Crippen molar-refractivity contribution in [3.63, 3.8) is 0 Å². The van der Waals surface area contributed by atoms with Crippen molar-refractivity contribution in [1.29, 1.82) is 0 Å². The summed E-state index contributed by atoms with van der Waals surface area (Å²) >= 11 is 0. The Morgan fingerprint density at radius 3 is 2.94 bits per heavy atom. The molecule has 0 saturated carbocycles. The second kappa shape index (κ2) is 4.26. The van der Waals surface area contributed by atoms with Crippen LogP contribution in [0.1, 0.15) is 16.9 Å². The maximum Gasteiger partial charge on any atom is 0.237 e. The Balaban J connectivity index is 2.19. The van der Waals surface area contributed by atoms with Gasteiger partial charge in [0.2, 0.25) is 5.91 Å². The summed E-state index contributed by atoms with van der Waals surface area (Å²) in [7, 11) is 0. The largest absolute Gasteiger partial charge is 0.319 e. The number of carbonyl (C=O) groups is 2. The number of hydrogen-bond donors (Lipinski definition) is 0. The lowest BCUT2D eigenvalue weighted by atomic mass is 10.00. The fraction of sp³-hybridized carbons (Fsp3) is 0.250. The van der Waals surface area contributed by atoms with E-state index in [1.54, 1.807) is 24.4 Å². The molecule has 1 unspecified atom stereocenters. The van der Waals surface area contributed by atoms with Crippen molar-refractivity contribution < 1.29 is 9.59 Å². The van der Waals surface area contributed by atoms with Crippen LogP contribution in [0.5, 0.6) is 0 Å². The topological polar surface area (TPSA) is 50.3 Å². The minimum Gasteiger partial charge on any atom is -0.319 e. The van der Waals surface area contributed by atoms with E-state index in [0.29, 0.717) is 18.7 Å². The maximum absolute atomic E-state index is 12.0. The van der Waals surface area contributed by atoms with Crippen molar-refractivity contribution in [2.75, 3.05) is 6.54 Å². The van der Waals surface area contributed by atoms with Gasteiger partial charge in [-0.3, -0.25) is 14.6 Å². The summed E-state index contributed by atoms with van der Waals surface area (Å²) in [6, 6.07) is 5.11. The monoisotopic (exact) mass is 216 g/mol. The maximum atomic E-state index is 12.0.